The van der Waals surface area contributed by atoms with Gasteiger partial charge in [0.2, 0.25) is 8.24 Å². The first-order valence-corrected chi connectivity index (χ1v) is 12.1. The number of rotatable bonds is 6. The summed E-state index contributed by atoms with van der Waals surface area (Å²) < 4.78 is 0. The predicted molar refractivity (Wildman–Crippen MR) is 121 cm³/mol. The molecule has 2 heteroatoms. The average molecular weight is 376 g/mol. The highest BCUT2D eigenvalue weighted by atomic mass is 28.3. The van der Waals surface area contributed by atoms with Gasteiger partial charge < -0.3 is 4.98 Å². The number of nitrogens with one attached hydrogen (secondary N) is 1. The van der Waals surface area contributed by atoms with Gasteiger partial charge in [-0.25, -0.2) is 0 Å². The number of hydrogen-bond donors (Lipinski definition) is 1. The second-order valence-corrected chi connectivity index (χ2v) is 13.0. The van der Waals surface area contributed by atoms with Gasteiger partial charge in [-0.05, 0) is 43.5 Å². The molecule has 0 amide bonds. The molecular formula is C25H33NSi. The summed E-state index contributed by atoms with van der Waals surface area (Å²) in [6, 6.07) is 22.3. The molecule has 27 heavy (non-hydrogen) atoms. The van der Waals surface area contributed by atoms with Crippen molar-refractivity contribution in [2.45, 2.75) is 51.6 Å². The van der Waals surface area contributed by atoms with Gasteiger partial charge in [-0.2, -0.15) is 0 Å². The minimum absolute atomic E-state index is 0.00611. The largest absolute Gasteiger partial charge is 0.325 e. The van der Waals surface area contributed by atoms with E-state index in [4.69, 9.17) is 0 Å². The maximum absolute atomic E-state index is 4.23. The quantitative estimate of drug-likeness (QED) is 0.697. The van der Waals surface area contributed by atoms with Gasteiger partial charge in [-0.1, -0.05) is 98.8 Å². The highest BCUT2D eigenvalue weighted by Gasteiger charge is 2.55. The smallest absolute Gasteiger partial charge is 0.204 e. The van der Waals surface area contributed by atoms with Crippen LogP contribution in [0.2, 0.25) is 5.04 Å². The lowest BCUT2D eigenvalue weighted by atomic mass is 9.97. The van der Waals surface area contributed by atoms with Crippen molar-refractivity contribution in [3.8, 4) is 0 Å². The van der Waals surface area contributed by atoms with E-state index in [1.165, 1.54) is 10.4 Å². The predicted octanol–water partition coefficient (Wildman–Crippen LogP) is 5.05. The molecule has 0 saturated heterocycles. The van der Waals surface area contributed by atoms with Crippen molar-refractivity contribution < 1.29 is 0 Å². The van der Waals surface area contributed by atoms with Gasteiger partial charge >= 0.3 is 0 Å². The molecule has 0 saturated carbocycles. The van der Waals surface area contributed by atoms with Crippen molar-refractivity contribution in [3.63, 3.8) is 0 Å². The van der Waals surface area contributed by atoms with Crippen LogP contribution >= 0.6 is 0 Å². The third kappa shape index (κ3) is 3.88. The van der Waals surface area contributed by atoms with E-state index in [2.05, 4.69) is 125 Å². The van der Waals surface area contributed by atoms with Crippen molar-refractivity contribution in [2.24, 2.45) is 5.92 Å². The summed E-state index contributed by atoms with van der Waals surface area (Å²) in [7, 11) is -2.39. The Balaban J connectivity index is 2.36. The zero-order valence-corrected chi connectivity index (χ0v) is 18.4. The fraction of sp³-hybridized carbons (Fsp3) is 0.360. The molecule has 0 heterocycles. The third-order valence-corrected chi connectivity index (χ3v) is 10.8. The standard InChI is InChI=1S/C25H33NSi/c1-21(2)20-25(18-12-13-19-25)27(26-24(3,4)5,22-14-8-6-9-15-22)23-16-10-7-11-17-23/h6-19,21,26H,20H2,1-5H3. The molecule has 0 atom stereocenters. The first-order valence-electron chi connectivity index (χ1n) is 10.1. The van der Waals surface area contributed by atoms with Gasteiger partial charge in [0.15, 0.2) is 0 Å². The molecule has 2 aromatic carbocycles. The van der Waals surface area contributed by atoms with Crippen LogP contribution in [0.4, 0.5) is 0 Å². The number of allylic oxidation sites excluding steroid dienone is 4. The van der Waals surface area contributed by atoms with Crippen LogP contribution in [-0.2, 0) is 0 Å². The second-order valence-electron chi connectivity index (χ2n) is 9.21. The van der Waals surface area contributed by atoms with E-state index in [1.54, 1.807) is 0 Å². The fourth-order valence-corrected chi connectivity index (χ4v) is 10.5. The topological polar surface area (TPSA) is 12.0 Å². The second kappa shape index (κ2) is 7.61. The molecule has 1 aliphatic rings. The zero-order chi connectivity index (χ0) is 19.5. The molecule has 0 fully saturated rings. The molecular weight excluding hydrogens is 342 g/mol. The molecule has 1 aliphatic carbocycles. The van der Waals surface area contributed by atoms with Crippen LogP contribution in [0.15, 0.2) is 85.0 Å². The van der Waals surface area contributed by atoms with Crippen molar-refractivity contribution in [3.05, 3.63) is 85.0 Å². The maximum Gasteiger partial charge on any atom is 0.204 e. The molecule has 0 unspecified atom stereocenters. The maximum atomic E-state index is 4.23. The number of benzene rings is 2. The van der Waals surface area contributed by atoms with E-state index in [0.29, 0.717) is 5.92 Å². The van der Waals surface area contributed by atoms with Gasteiger partial charge in [0.05, 0.1) is 0 Å². The van der Waals surface area contributed by atoms with Crippen molar-refractivity contribution >= 4 is 18.6 Å². The molecule has 0 aromatic heterocycles. The summed E-state index contributed by atoms with van der Waals surface area (Å²) in [6.07, 6.45) is 10.6. The van der Waals surface area contributed by atoms with Crippen LogP contribution < -0.4 is 15.4 Å². The van der Waals surface area contributed by atoms with E-state index < -0.39 is 8.24 Å². The molecule has 0 radical (unpaired) electrons. The lowest BCUT2D eigenvalue weighted by Crippen LogP contribution is -2.77. The normalized spacial score (nSPS) is 16.2. The molecule has 0 spiro atoms. The Labute approximate surface area is 166 Å². The Morgan fingerprint density at radius 2 is 1.26 bits per heavy atom. The fourth-order valence-electron chi connectivity index (χ4n) is 4.63. The molecule has 0 bridgehead atoms. The Hall–Kier alpha value is -1.90. The Morgan fingerprint density at radius 1 is 0.815 bits per heavy atom. The Bertz CT molecular complexity index is 746. The summed E-state index contributed by atoms with van der Waals surface area (Å²) in [4.78, 5) is 4.23. The average Bonchev–Trinajstić information content (AvgIpc) is 3.09. The van der Waals surface area contributed by atoms with Crippen molar-refractivity contribution in [1.29, 1.82) is 0 Å². The highest BCUT2D eigenvalue weighted by molar-refractivity contribution is 7.03. The molecule has 3 rings (SSSR count). The first kappa shape index (κ1) is 19.8. The van der Waals surface area contributed by atoms with E-state index in [-0.39, 0.29) is 10.6 Å². The SMILES string of the molecule is CC(C)CC1([Si](NC(C)(C)C)(c2ccccc2)c2ccccc2)C=CC=C1. The van der Waals surface area contributed by atoms with Crippen molar-refractivity contribution in [2.75, 3.05) is 0 Å². The lowest BCUT2D eigenvalue weighted by Gasteiger charge is -2.50. The molecule has 1 nitrogen and oxygen atoms in total. The highest BCUT2D eigenvalue weighted by Crippen LogP contribution is 2.48. The third-order valence-electron chi connectivity index (χ3n) is 5.32. The molecule has 2 aromatic rings. The summed E-state index contributed by atoms with van der Waals surface area (Å²) in [6.45, 7) is 11.6. The summed E-state index contributed by atoms with van der Waals surface area (Å²) in [5.74, 6) is 0.610. The van der Waals surface area contributed by atoms with E-state index in [9.17, 15) is 0 Å². The van der Waals surface area contributed by atoms with Crippen LogP contribution in [0.1, 0.15) is 41.0 Å². The van der Waals surface area contributed by atoms with Crippen LogP contribution in [0.5, 0.6) is 0 Å². The monoisotopic (exact) mass is 375 g/mol. The minimum atomic E-state index is -2.39. The van der Waals surface area contributed by atoms with Crippen molar-refractivity contribution in [1.82, 2.24) is 4.98 Å². The molecule has 0 aliphatic heterocycles. The van der Waals surface area contributed by atoms with E-state index >= 15 is 0 Å². The van der Waals surface area contributed by atoms with Gasteiger partial charge in [0, 0.05) is 10.6 Å². The van der Waals surface area contributed by atoms with Gasteiger partial charge in [-0.3, -0.25) is 0 Å². The zero-order valence-electron chi connectivity index (χ0n) is 17.4. The van der Waals surface area contributed by atoms with E-state index in [0.717, 1.165) is 6.42 Å². The minimum Gasteiger partial charge on any atom is -0.325 e. The summed E-state index contributed by atoms with van der Waals surface area (Å²) in [5.41, 5.74) is 0.00611. The van der Waals surface area contributed by atoms with Gasteiger partial charge in [-0.15, -0.1) is 0 Å². The Kier molecular flexibility index (Phi) is 5.59. The van der Waals surface area contributed by atoms with Crippen LogP contribution in [0.25, 0.3) is 0 Å². The first-order chi connectivity index (χ1) is 12.8. The van der Waals surface area contributed by atoms with Gasteiger partial charge in [0.25, 0.3) is 0 Å². The number of hydrogen-bond acceptors (Lipinski definition) is 1. The van der Waals surface area contributed by atoms with Crippen LogP contribution in [0, 0.1) is 5.92 Å². The summed E-state index contributed by atoms with van der Waals surface area (Å²) in [5, 5.41) is 2.91. The van der Waals surface area contributed by atoms with E-state index in [1.807, 2.05) is 0 Å². The lowest BCUT2D eigenvalue weighted by molar-refractivity contribution is 0.484. The Morgan fingerprint density at radius 3 is 1.63 bits per heavy atom. The summed E-state index contributed by atoms with van der Waals surface area (Å²) >= 11 is 0. The van der Waals surface area contributed by atoms with Crippen LogP contribution in [-0.4, -0.2) is 13.8 Å². The molecule has 1 N–H and O–H groups in total. The van der Waals surface area contributed by atoms with Gasteiger partial charge in [0.1, 0.15) is 0 Å². The van der Waals surface area contributed by atoms with Crippen LogP contribution in [0.3, 0.4) is 0 Å². The molecule has 142 valence electrons.